The zero-order valence-corrected chi connectivity index (χ0v) is 26.0. The van der Waals surface area contributed by atoms with Gasteiger partial charge in [0.05, 0.1) is 13.5 Å². The number of aromatic carboxylic acids is 1. The molecule has 0 spiro atoms. The predicted molar refractivity (Wildman–Crippen MR) is 164 cm³/mol. The topological polar surface area (TPSA) is 135 Å². The molecule has 1 aromatic carbocycles. The van der Waals surface area contributed by atoms with E-state index in [2.05, 4.69) is 24.1 Å². The molecule has 0 radical (unpaired) electrons. The van der Waals surface area contributed by atoms with Crippen LogP contribution in [-0.2, 0) is 25.5 Å². The van der Waals surface area contributed by atoms with Gasteiger partial charge in [-0.2, -0.15) is 0 Å². The molecule has 3 N–H and O–H groups in total. The largest absolute Gasteiger partial charge is 0.497 e. The minimum absolute atomic E-state index is 0.0139. The van der Waals surface area contributed by atoms with Crippen molar-refractivity contribution in [1.82, 2.24) is 10.3 Å². The third kappa shape index (κ3) is 5.32. The second-order valence-electron chi connectivity index (χ2n) is 13.9. The number of rotatable bonds is 9. The molecule has 4 aliphatic carbocycles. The highest BCUT2D eigenvalue weighted by Crippen LogP contribution is 2.65. The average molecular weight is 605 g/mol. The molecule has 44 heavy (non-hydrogen) atoms. The fraction of sp³-hybridized carbons (Fsp3) is 0.600. The molecule has 3 fully saturated rings. The number of hydrogen-bond donors (Lipinski definition) is 3. The van der Waals surface area contributed by atoms with E-state index < -0.39 is 5.97 Å². The molecule has 0 bridgehead atoms. The van der Waals surface area contributed by atoms with E-state index in [4.69, 9.17) is 9.47 Å². The zero-order valence-electron chi connectivity index (χ0n) is 26.0. The number of nitrogens with one attached hydrogen (secondary N) is 2. The van der Waals surface area contributed by atoms with E-state index in [1.165, 1.54) is 5.57 Å². The second kappa shape index (κ2) is 11.7. The van der Waals surface area contributed by atoms with Crippen LogP contribution in [0.25, 0.3) is 10.9 Å². The number of carboxylic acids is 1. The van der Waals surface area contributed by atoms with E-state index >= 15 is 0 Å². The molecule has 236 valence electrons. The number of ketones is 1. The Balaban J connectivity index is 1.01. The summed E-state index contributed by atoms with van der Waals surface area (Å²) in [6, 6.07) is 5.32. The third-order valence-electron chi connectivity index (χ3n) is 11.7. The first-order chi connectivity index (χ1) is 21.0. The summed E-state index contributed by atoms with van der Waals surface area (Å²) in [5.74, 6) is 0.928. The Morgan fingerprint density at radius 3 is 2.64 bits per heavy atom. The Morgan fingerprint density at radius 1 is 1.05 bits per heavy atom. The maximum absolute atomic E-state index is 12.9. The lowest BCUT2D eigenvalue weighted by atomic mass is 9.47. The molecule has 1 heterocycles. The number of carboxylic acid groups (broad SMARTS) is 1. The number of fused-ring (bicyclic) bond motifs is 6. The number of carbonyl (C=O) groups excluding carboxylic acids is 3. The fourth-order valence-corrected chi connectivity index (χ4v) is 9.35. The van der Waals surface area contributed by atoms with Crippen LogP contribution in [0.3, 0.4) is 0 Å². The van der Waals surface area contributed by atoms with Gasteiger partial charge in [-0.05, 0) is 104 Å². The molecule has 1 unspecified atom stereocenters. The van der Waals surface area contributed by atoms with Gasteiger partial charge in [0, 0.05) is 35.7 Å². The van der Waals surface area contributed by atoms with Gasteiger partial charge in [-0.25, -0.2) is 4.79 Å². The molecule has 6 atom stereocenters. The van der Waals surface area contributed by atoms with Crippen LogP contribution in [-0.4, -0.2) is 53.5 Å². The Bertz CT molecular complexity index is 1520. The maximum atomic E-state index is 12.9. The Morgan fingerprint density at radius 2 is 1.86 bits per heavy atom. The van der Waals surface area contributed by atoms with Crippen LogP contribution >= 0.6 is 0 Å². The highest BCUT2D eigenvalue weighted by Gasteiger charge is 2.60. The van der Waals surface area contributed by atoms with Gasteiger partial charge in [0.25, 0.3) is 0 Å². The number of esters is 1. The summed E-state index contributed by atoms with van der Waals surface area (Å²) in [7, 11) is 1.55. The van der Waals surface area contributed by atoms with Crippen LogP contribution in [0.15, 0.2) is 29.8 Å². The smallest absolute Gasteiger partial charge is 0.352 e. The number of methoxy groups -OCH3 is 1. The zero-order chi connectivity index (χ0) is 31.2. The van der Waals surface area contributed by atoms with Gasteiger partial charge < -0.3 is 24.9 Å². The Kier molecular flexibility index (Phi) is 8.09. The van der Waals surface area contributed by atoms with Crippen LogP contribution in [0.4, 0.5) is 0 Å². The number of ether oxygens (including phenoxy) is 2. The molecular formula is C35H44N2O7. The highest BCUT2D eigenvalue weighted by atomic mass is 16.5. The van der Waals surface area contributed by atoms with Gasteiger partial charge in [0.15, 0.2) is 5.78 Å². The molecular weight excluding hydrogens is 560 g/mol. The van der Waals surface area contributed by atoms with Crippen LogP contribution in [0, 0.1) is 28.6 Å². The van der Waals surface area contributed by atoms with Gasteiger partial charge in [-0.3, -0.25) is 14.4 Å². The number of H-pyrrole nitrogens is 1. The lowest BCUT2D eigenvalue weighted by Gasteiger charge is -2.57. The van der Waals surface area contributed by atoms with Gasteiger partial charge in [0.2, 0.25) is 5.91 Å². The molecule has 2 aromatic rings. The average Bonchev–Trinajstić information content (AvgIpc) is 3.53. The minimum Gasteiger partial charge on any atom is -0.497 e. The quantitative estimate of drug-likeness (QED) is 0.310. The van der Waals surface area contributed by atoms with Gasteiger partial charge in [-0.1, -0.05) is 19.4 Å². The SMILES string of the molecule is COc1ccc2[nH]c(C(=O)O)c(CCNC(=O)CCC(=O)OC3CC[C@H]4[C@@H]5CCC6=CC(=O)CC[C@]6(C)[C@H]5CC[C@]34C)c2c1. The summed E-state index contributed by atoms with van der Waals surface area (Å²) in [6.07, 6.45) is 9.94. The van der Waals surface area contributed by atoms with E-state index in [1.807, 2.05) is 6.08 Å². The van der Waals surface area contributed by atoms with Crippen molar-refractivity contribution in [1.29, 1.82) is 0 Å². The lowest BCUT2D eigenvalue weighted by Crippen LogP contribution is -2.51. The monoisotopic (exact) mass is 604 g/mol. The van der Waals surface area contributed by atoms with Crippen LogP contribution in [0.5, 0.6) is 5.75 Å². The van der Waals surface area contributed by atoms with Crippen molar-refractivity contribution in [2.75, 3.05) is 13.7 Å². The van der Waals surface area contributed by atoms with E-state index in [1.54, 1.807) is 25.3 Å². The van der Waals surface area contributed by atoms with Gasteiger partial charge >= 0.3 is 11.9 Å². The van der Waals surface area contributed by atoms with Crippen molar-refractivity contribution in [3.8, 4) is 5.75 Å². The van der Waals surface area contributed by atoms with Crippen molar-refractivity contribution >= 4 is 34.5 Å². The summed E-state index contributed by atoms with van der Waals surface area (Å²) in [4.78, 5) is 52.4. The van der Waals surface area contributed by atoms with E-state index in [-0.39, 0.29) is 59.7 Å². The highest BCUT2D eigenvalue weighted by molar-refractivity contribution is 5.98. The van der Waals surface area contributed by atoms with Crippen LogP contribution in [0.1, 0.15) is 94.1 Å². The summed E-state index contributed by atoms with van der Waals surface area (Å²) >= 11 is 0. The van der Waals surface area contributed by atoms with Crippen LogP contribution < -0.4 is 10.1 Å². The molecule has 9 heteroatoms. The minimum atomic E-state index is -1.06. The fourth-order valence-electron chi connectivity index (χ4n) is 9.35. The summed E-state index contributed by atoms with van der Waals surface area (Å²) < 4.78 is 11.4. The molecule has 6 rings (SSSR count). The first kappa shape index (κ1) is 30.4. The van der Waals surface area contributed by atoms with Crippen molar-refractivity contribution in [3.63, 3.8) is 0 Å². The number of amides is 1. The van der Waals surface area contributed by atoms with Gasteiger partial charge in [0.1, 0.15) is 17.5 Å². The summed E-state index contributed by atoms with van der Waals surface area (Å²) in [5.41, 5.74) is 2.81. The number of carbonyl (C=O) groups is 4. The molecule has 0 aliphatic heterocycles. The predicted octanol–water partition coefficient (Wildman–Crippen LogP) is 5.76. The number of aromatic amines is 1. The van der Waals surface area contributed by atoms with Crippen molar-refractivity contribution < 1.29 is 33.8 Å². The number of hydrogen-bond acceptors (Lipinski definition) is 6. The molecule has 9 nitrogen and oxygen atoms in total. The molecule has 1 amide bonds. The first-order valence-corrected chi connectivity index (χ1v) is 16.2. The second-order valence-corrected chi connectivity index (χ2v) is 13.9. The van der Waals surface area contributed by atoms with E-state index in [0.29, 0.717) is 47.4 Å². The molecule has 0 saturated heterocycles. The standard InChI is InChI=1S/C35H44N2O7/c1-34-15-12-21(38)18-20(34)4-6-24-26-7-9-29(35(26,2)16-13-27(24)34)44-31(40)11-10-30(39)36-17-14-23-25-19-22(43-3)5-8-28(25)37-32(23)33(41)42/h5,8,18-19,24,26-27,29,37H,4,6-7,9-17H2,1-3H3,(H,36,39)(H,41,42)/t24-,26-,27-,29?,34-,35-/m0/s1. The van der Waals surface area contributed by atoms with E-state index in [0.717, 1.165) is 50.3 Å². The number of benzene rings is 1. The maximum Gasteiger partial charge on any atom is 0.352 e. The normalized spacial score (nSPS) is 31.0. The summed E-state index contributed by atoms with van der Waals surface area (Å²) in [6.45, 7) is 4.92. The van der Waals surface area contributed by atoms with Crippen molar-refractivity contribution in [3.05, 3.63) is 41.1 Å². The summed E-state index contributed by atoms with van der Waals surface area (Å²) in [5, 5.41) is 13.2. The third-order valence-corrected chi connectivity index (χ3v) is 11.7. The lowest BCUT2D eigenvalue weighted by molar-refractivity contribution is -0.160. The first-order valence-electron chi connectivity index (χ1n) is 16.2. The number of aromatic nitrogens is 1. The molecule has 3 saturated carbocycles. The van der Waals surface area contributed by atoms with Gasteiger partial charge in [-0.15, -0.1) is 0 Å². The van der Waals surface area contributed by atoms with Crippen molar-refractivity contribution in [2.24, 2.45) is 28.6 Å². The Hall–Kier alpha value is -3.62. The van der Waals surface area contributed by atoms with Crippen LogP contribution in [0.2, 0.25) is 0 Å². The van der Waals surface area contributed by atoms with Crippen molar-refractivity contribution in [2.45, 2.75) is 90.6 Å². The Labute approximate surface area is 258 Å². The van der Waals surface area contributed by atoms with E-state index in [9.17, 15) is 24.3 Å². The molecule has 4 aliphatic rings. The molecule has 1 aromatic heterocycles. The number of allylic oxidation sites excluding steroid dienone is 1.